The molecule has 0 unspecified atom stereocenters. The molecule has 0 bridgehead atoms. The molecule has 0 saturated heterocycles. The van der Waals surface area contributed by atoms with E-state index < -0.39 is 0 Å². The molecule has 82 valence electrons. The highest BCUT2D eigenvalue weighted by atomic mass is 14.8. The minimum absolute atomic E-state index is 0.988. The van der Waals surface area contributed by atoms with E-state index in [-0.39, 0.29) is 0 Å². The van der Waals surface area contributed by atoms with Crippen LogP contribution in [0.15, 0.2) is 12.2 Å². The van der Waals surface area contributed by atoms with Crippen molar-refractivity contribution in [2.75, 3.05) is 13.1 Å². The van der Waals surface area contributed by atoms with Crippen molar-refractivity contribution in [1.82, 2.24) is 5.32 Å². The van der Waals surface area contributed by atoms with Gasteiger partial charge in [0.2, 0.25) is 0 Å². The van der Waals surface area contributed by atoms with Crippen molar-refractivity contribution in [2.45, 2.75) is 46.0 Å². The topological polar surface area (TPSA) is 12.0 Å². The van der Waals surface area contributed by atoms with E-state index in [4.69, 9.17) is 0 Å². The molecular weight excluding hydrogens is 170 g/mol. The quantitative estimate of drug-likeness (QED) is 0.524. The van der Waals surface area contributed by atoms with Crippen LogP contribution in [0.5, 0.6) is 0 Å². The first-order valence-electron chi connectivity index (χ1n) is 6.14. The second kappa shape index (κ2) is 7.05. The minimum atomic E-state index is 0.988. The Morgan fingerprint density at radius 1 is 1.21 bits per heavy atom. The zero-order valence-electron chi connectivity index (χ0n) is 9.76. The molecule has 14 heavy (non-hydrogen) atoms. The third kappa shape index (κ3) is 4.80. The summed E-state index contributed by atoms with van der Waals surface area (Å²) in [6, 6.07) is 0. The Bertz CT molecular complexity index is 155. The summed E-state index contributed by atoms with van der Waals surface area (Å²) in [4.78, 5) is 0. The largest absolute Gasteiger partial charge is 0.313 e. The monoisotopic (exact) mass is 195 g/mol. The predicted octanol–water partition coefficient (Wildman–Crippen LogP) is 3.37. The Morgan fingerprint density at radius 3 is 2.57 bits per heavy atom. The third-order valence-electron chi connectivity index (χ3n) is 3.36. The molecule has 0 aromatic heterocycles. The fourth-order valence-corrected chi connectivity index (χ4v) is 2.23. The van der Waals surface area contributed by atoms with Crippen molar-refractivity contribution in [2.24, 2.45) is 11.8 Å². The van der Waals surface area contributed by atoms with Crippen molar-refractivity contribution in [1.29, 1.82) is 0 Å². The van der Waals surface area contributed by atoms with Gasteiger partial charge in [0.05, 0.1) is 0 Å². The molecular formula is C13H25N. The van der Waals surface area contributed by atoms with Crippen molar-refractivity contribution < 1.29 is 0 Å². The molecule has 0 atom stereocenters. The van der Waals surface area contributed by atoms with Crippen LogP contribution < -0.4 is 5.32 Å². The van der Waals surface area contributed by atoms with Crippen LogP contribution in [-0.4, -0.2) is 13.1 Å². The maximum absolute atomic E-state index is 3.46. The molecule has 0 amide bonds. The molecule has 0 heterocycles. The first-order valence-corrected chi connectivity index (χ1v) is 6.14. The normalized spacial score (nSPS) is 28.4. The van der Waals surface area contributed by atoms with Gasteiger partial charge in [-0.15, -0.1) is 0 Å². The smallest absolute Gasteiger partial charge is 0.0134 e. The Morgan fingerprint density at radius 2 is 1.93 bits per heavy atom. The third-order valence-corrected chi connectivity index (χ3v) is 3.36. The van der Waals surface area contributed by atoms with Crippen LogP contribution >= 0.6 is 0 Å². The highest BCUT2D eigenvalue weighted by Gasteiger charge is 2.17. The van der Waals surface area contributed by atoms with Crippen LogP contribution in [0.2, 0.25) is 0 Å². The lowest BCUT2D eigenvalue weighted by molar-refractivity contribution is 0.276. The molecule has 1 N–H and O–H groups in total. The molecule has 0 radical (unpaired) electrons. The van der Waals surface area contributed by atoms with Gasteiger partial charge in [0.25, 0.3) is 0 Å². The van der Waals surface area contributed by atoms with E-state index in [0.29, 0.717) is 0 Å². The summed E-state index contributed by atoms with van der Waals surface area (Å²) >= 11 is 0. The number of hydrogen-bond acceptors (Lipinski definition) is 1. The highest BCUT2D eigenvalue weighted by Crippen LogP contribution is 2.29. The molecule has 0 aromatic carbocycles. The maximum Gasteiger partial charge on any atom is 0.0134 e. The summed E-state index contributed by atoms with van der Waals surface area (Å²) in [6.45, 7) is 6.70. The van der Waals surface area contributed by atoms with Gasteiger partial charge in [-0.2, -0.15) is 0 Å². The number of nitrogens with one attached hydrogen (secondary N) is 1. The van der Waals surface area contributed by atoms with E-state index >= 15 is 0 Å². The van der Waals surface area contributed by atoms with E-state index in [1.54, 1.807) is 0 Å². The number of allylic oxidation sites excluding steroid dienone is 1. The van der Waals surface area contributed by atoms with Gasteiger partial charge in [0.1, 0.15) is 0 Å². The average Bonchev–Trinajstić information content (AvgIpc) is 2.21. The van der Waals surface area contributed by atoms with Gasteiger partial charge in [0, 0.05) is 6.54 Å². The molecule has 1 aliphatic rings. The summed E-state index contributed by atoms with van der Waals surface area (Å²) in [5.74, 6) is 1.99. The summed E-state index contributed by atoms with van der Waals surface area (Å²) < 4.78 is 0. The number of rotatable bonds is 5. The fourth-order valence-electron chi connectivity index (χ4n) is 2.23. The molecule has 1 aliphatic carbocycles. The molecule has 1 fully saturated rings. The average molecular weight is 195 g/mol. The van der Waals surface area contributed by atoms with Crippen LogP contribution in [0, 0.1) is 11.8 Å². The second-order valence-electron chi connectivity index (χ2n) is 4.69. The van der Waals surface area contributed by atoms with Crippen molar-refractivity contribution in [3.8, 4) is 0 Å². The van der Waals surface area contributed by atoms with Gasteiger partial charge >= 0.3 is 0 Å². The lowest BCUT2D eigenvalue weighted by atomic mass is 9.81. The SMILES string of the molecule is C/C=C/CNCCC1CCC(C)CC1. The Balaban J connectivity index is 1.96. The molecule has 1 heteroatoms. The van der Waals surface area contributed by atoms with Gasteiger partial charge in [-0.1, -0.05) is 44.8 Å². The Hall–Kier alpha value is -0.300. The van der Waals surface area contributed by atoms with E-state index in [1.165, 1.54) is 38.6 Å². The lowest BCUT2D eigenvalue weighted by Crippen LogP contribution is -2.20. The van der Waals surface area contributed by atoms with Crippen LogP contribution in [0.25, 0.3) is 0 Å². The predicted molar refractivity (Wildman–Crippen MR) is 63.4 cm³/mol. The Kier molecular flexibility index (Phi) is 5.93. The summed E-state index contributed by atoms with van der Waals surface area (Å²) in [5.41, 5.74) is 0. The van der Waals surface area contributed by atoms with Gasteiger partial charge < -0.3 is 5.32 Å². The summed E-state index contributed by atoms with van der Waals surface area (Å²) in [6.07, 6.45) is 11.5. The van der Waals surface area contributed by atoms with Crippen LogP contribution in [0.3, 0.4) is 0 Å². The molecule has 1 saturated carbocycles. The van der Waals surface area contributed by atoms with Gasteiger partial charge in [0.15, 0.2) is 0 Å². The van der Waals surface area contributed by atoms with E-state index in [0.717, 1.165) is 18.4 Å². The summed E-state index contributed by atoms with van der Waals surface area (Å²) in [7, 11) is 0. The zero-order chi connectivity index (χ0) is 10.2. The fraction of sp³-hybridized carbons (Fsp3) is 0.846. The minimum Gasteiger partial charge on any atom is -0.313 e. The number of hydrogen-bond donors (Lipinski definition) is 1. The zero-order valence-corrected chi connectivity index (χ0v) is 9.76. The molecule has 0 aromatic rings. The molecule has 1 rings (SSSR count). The van der Waals surface area contributed by atoms with Gasteiger partial charge in [-0.3, -0.25) is 0 Å². The first-order chi connectivity index (χ1) is 6.83. The Labute approximate surface area is 89.0 Å². The van der Waals surface area contributed by atoms with E-state index in [9.17, 15) is 0 Å². The molecule has 0 aliphatic heterocycles. The van der Waals surface area contributed by atoms with Crippen molar-refractivity contribution in [3.63, 3.8) is 0 Å². The standard InChI is InChI=1S/C13H25N/c1-3-4-10-14-11-9-13-7-5-12(2)6-8-13/h3-4,12-14H,5-11H2,1-2H3/b4-3+. The van der Waals surface area contributed by atoms with Crippen molar-refractivity contribution in [3.05, 3.63) is 12.2 Å². The van der Waals surface area contributed by atoms with Gasteiger partial charge in [-0.25, -0.2) is 0 Å². The summed E-state index contributed by atoms with van der Waals surface area (Å²) in [5, 5.41) is 3.46. The van der Waals surface area contributed by atoms with Crippen molar-refractivity contribution >= 4 is 0 Å². The van der Waals surface area contributed by atoms with Gasteiger partial charge in [-0.05, 0) is 31.7 Å². The lowest BCUT2D eigenvalue weighted by Gasteiger charge is -2.26. The van der Waals surface area contributed by atoms with E-state index in [1.807, 2.05) is 0 Å². The van der Waals surface area contributed by atoms with E-state index in [2.05, 4.69) is 31.3 Å². The first kappa shape index (κ1) is 11.8. The molecule has 1 nitrogen and oxygen atoms in total. The second-order valence-corrected chi connectivity index (χ2v) is 4.69. The highest BCUT2D eigenvalue weighted by molar-refractivity contribution is 4.79. The maximum atomic E-state index is 3.46. The van der Waals surface area contributed by atoms with Crippen LogP contribution in [0.4, 0.5) is 0 Å². The van der Waals surface area contributed by atoms with Crippen LogP contribution in [0.1, 0.15) is 46.0 Å². The molecule has 0 spiro atoms. The van der Waals surface area contributed by atoms with Crippen LogP contribution in [-0.2, 0) is 0 Å².